The van der Waals surface area contributed by atoms with Crippen LogP contribution in [0.3, 0.4) is 0 Å². The van der Waals surface area contributed by atoms with E-state index in [9.17, 15) is 0 Å². The lowest BCUT2D eigenvalue weighted by atomic mass is 10.3. The molecule has 0 spiro atoms. The predicted molar refractivity (Wildman–Crippen MR) is 61.3 cm³/mol. The molecule has 1 N–H and O–H groups in total. The molecular weight excluding hydrogens is 233 g/mol. The number of aryl methyl sites for hydroxylation is 2. The van der Waals surface area contributed by atoms with E-state index in [2.05, 4.69) is 15.0 Å². The molecule has 0 aliphatic rings. The van der Waals surface area contributed by atoms with Crippen molar-refractivity contribution >= 4 is 23.2 Å². The van der Waals surface area contributed by atoms with E-state index >= 15 is 0 Å². The van der Waals surface area contributed by atoms with Gasteiger partial charge < -0.3 is 4.98 Å². The number of pyridine rings is 1. The minimum absolute atomic E-state index is 0.378. The topological polar surface area (TPSA) is 41.6 Å². The van der Waals surface area contributed by atoms with Gasteiger partial charge >= 0.3 is 0 Å². The molecule has 0 bridgehead atoms. The van der Waals surface area contributed by atoms with E-state index in [1.165, 1.54) is 0 Å². The number of aromatic amines is 1. The van der Waals surface area contributed by atoms with Gasteiger partial charge in [0.2, 0.25) is 0 Å². The summed E-state index contributed by atoms with van der Waals surface area (Å²) in [7, 11) is 0. The number of aromatic nitrogens is 3. The van der Waals surface area contributed by atoms with Crippen molar-refractivity contribution in [3.8, 4) is 11.4 Å². The Balaban J connectivity index is 2.54. The first-order valence-corrected chi connectivity index (χ1v) is 5.18. The quantitative estimate of drug-likeness (QED) is 0.778. The standard InChI is InChI=1S/C10H9Cl2N3/c1-5-6(2)15-10(14-5)7-4-13-9(12)3-8(7)11/h3-4H,1-2H3,(H,14,15). The lowest BCUT2D eigenvalue weighted by molar-refractivity contribution is 1.22. The summed E-state index contributed by atoms with van der Waals surface area (Å²) in [6, 6.07) is 1.60. The number of rotatable bonds is 1. The van der Waals surface area contributed by atoms with Crippen molar-refractivity contribution < 1.29 is 0 Å². The Morgan fingerprint density at radius 1 is 1.27 bits per heavy atom. The smallest absolute Gasteiger partial charge is 0.140 e. The van der Waals surface area contributed by atoms with Crippen LogP contribution in [0, 0.1) is 13.8 Å². The highest BCUT2D eigenvalue weighted by atomic mass is 35.5. The summed E-state index contributed by atoms with van der Waals surface area (Å²) in [5.41, 5.74) is 2.74. The normalized spacial score (nSPS) is 10.7. The molecule has 15 heavy (non-hydrogen) atoms. The molecule has 2 heterocycles. The van der Waals surface area contributed by atoms with Crippen molar-refractivity contribution in [2.75, 3.05) is 0 Å². The summed E-state index contributed by atoms with van der Waals surface area (Å²) in [5, 5.41) is 0.924. The van der Waals surface area contributed by atoms with Gasteiger partial charge in [0, 0.05) is 11.9 Å². The first-order valence-electron chi connectivity index (χ1n) is 4.42. The van der Waals surface area contributed by atoms with Crippen LogP contribution in [0.4, 0.5) is 0 Å². The molecule has 0 radical (unpaired) electrons. The number of hydrogen-bond acceptors (Lipinski definition) is 2. The van der Waals surface area contributed by atoms with Gasteiger partial charge in [0.15, 0.2) is 0 Å². The summed E-state index contributed by atoms with van der Waals surface area (Å²) in [5.74, 6) is 0.721. The maximum absolute atomic E-state index is 6.04. The van der Waals surface area contributed by atoms with Crippen molar-refractivity contribution in [3.63, 3.8) is 0 Å². The van der Waals surface area contributed by atoms with Gasteiger partial charge in [0.05, 0.1) is 16.3 Å². The number of hydrogen-bond donors (Lipinski definition) is 1. The van der Waals surface area contributed by atoms with Crippen LogP contribution < -0.4 is 0 Å². The highest BCUT2D eigenvalue weighted by Gasteiger charge is 2.09. The van der Waals surface area contributed by atoms with Gasteiger partial charge in [-0.15, -0.1) is 0 Å². The van der Waals surface area contributed by atoms with Crippen LogP contribution >= 0.6 is 23.2 Å². The van der Waals surface area contributed by atoms with Crippen LogP contribution in [-0.2, 0) is 0 Å². The first kappa shape index (κ1) is 10.5. The van der Waals surface area contributed by atoms with E-state index in [4.69, 9.17) is 23.2 Å². The SMILES string of the molecule is Cc1nc(-c2cnc(Cl)cc2Cl)[nH]c1C. The summed E-state index contributed by atoms with van der Waals surface area (Å²) >= 11 is 11.8. The molecule has 78 valence electrons. The van der Waals surface area contributed by atoms with Gasteiger partial charge in [-0.25, -0.2) is 9.97 Å². The molecule has 0 aliphatic heterocycles. The maximum atomic E-state index is 6.04. The fourth-order valence-corrected chi connectivity index (χ4v) is 1.71. The molecule has 5 heteroatoms. The van der Waals surface area contributed by atoms with E-state index < -0.39 is 0 Å². The van der Waals surface area contributed by atoms with E-state index in [0.29, 0.717) is 10.2 Å². The zero-order valence-electron chi connectivity index (χ0n) is 8.31. The van der Waals surface area contributed by atoms with E-state index in [-0.39, 0.29) is 0 Å². The second-order valence-electron chi connectivity index (χ2n) is 3.28. The van der Waals surface area contributed by atoms with E-state index in [1.807, 2.05) is 13.8 Å². The van der Waals surface area contributed by atoms with Gasteiger partial charge in [-0.05, 0) is 19.9 Å². The van der Waals surface area contributed by atoms with Crippen molar-refractivity contribution in [3.05, 3.63) is 33.8 Å². The third-order valence-electron chi connectivity index (χ3n) is 2.20. The average Bonchev–Trinajstić information content (AvgIpc) is 2.46. The molecule has 0 saturated carbocycles. The summed E-state index contributed by atoms with van der Waals surface area (Å²) < 4.78 is 0. The van der Waals surface area contributed by atoms with Crippen LogP contribution in [-0.4, -0.2) is 15.0 Å². The van der Waals surface area contributed by atoms with Crippen LogP contribution in [0.1, 0.15) is 11.4 Å². The van der Waals surface area contributed by atoms with Crippen LogP contribution in [0.25, 0.3) is 11.4 Å². The number of imidazole rings is 1. The van der Waals surface area contributed by atoms with Crippen molar-refractivity contribution in [1.82, 2.24) is 15.0 Å². The highest BCUT2D eigenvalue weighted by molar-refractivity contribution is 6.35. The van der Waals surface area contributed by atoms with Crippen LogP contribution in [0.2, 0.25) is 10.2 Å². The molecule has 0 aromatic carbocycles. The van der Waals surface area contributed by atoms with Crippen LogP contribution in [0.15, 0.2) is 12.3 Å². The molecule has 0 atom stereocenters. The zero-order chi connectivity index (χ0) is 11.0. The summed E-state index contributed by atoms with van der Waals surface area (Å²) in [4.78, 5) is 11.5. The largest absolute Gasteiger partial charge is 0.342 e. The number of H-pyrrole nitrogens is 1. The zero-order valence-corrected chi connectivity index (χ0v) is 9.82. The Kier molecular flexibility index (Phi) is 2.67. The Morgan fingerprint density at radius 3 is 2.53 bits per heavy atom. The van der Waals surface area contributed by atoms with Crippen LogP contribution in [0.5, 0.6) is 0 Å². The Labute approximate surface area is 97.5 Å². The van der Waals surface area contributed by atoms with Gasteiger partial charge in [0.25, 0.3) is 0 Å². The molecule has 2 aromatic rings. The average molecular weight is 242 g/mol. The second kappa shape index (κ2) is 3.83. The van der Waals surface area contributed by atoms with Crippen molar-refractivity contribution in [2.45, 2.75) is 13.8 Å². The minimum Gasteiger partial charge on any atom is -0.342 e. The lowest BCUT2D eigenvalue weighted by Gasteiger charge is -1.99. The molecule has 0 saturated heterocycles. The third kappa shape index (κ3) is 1.98. The second-order valence-corrected chi connectivity index (χ2v) is 4.08. The molecule has 3 nitrogen and oxygen atoms in total. The predicted octanol–water partition coefficient (Wildman–Crippen LogP) is 3.40. The molecule has 0 unspecified atom stereocenters. The fraction of sp³-hybridized carbons (Fsp3) is 0.200. The highest BCUT2D eigenvalue weighted by Crippen LogP contribution is 2.27. The number of nitrogens with zero attached hydrogens (tertiary/aromatic N) is 2. The van der Waals surface area contributed by atoms with Gasteiger partial charge in [0.1, 0.15) is 11.0 Å². The molecule has 0 amide bonds. The van der Waals surface area contributed by atoms with Crippen molar-refractivity contribution in [2.24, 2.45) is 0 Å². The molecule has 2 aromatic heterocycles. The molecule has 0 aliphatic carbocycles. The lowest BCUT2D eigenvalue weighted by Crippen LogP contribution is -1.85. The Hall–Kier alpha value is -1.06. The summed E-state index contributed by atoms with van der Waals surface area (Å²) in [6.45, 7) is 3.90. The number of halogens is 2. The monoisotopic (exact) mass is 241 g/mol. The first-order chi connectivity index (χ1) is 7.08. The molecular formula is C10H9Cl2N3. The minimum atomic E-state index is 0.378. The van der Waals surface area contributed by atoms with Crippen molar-refractivity contribution in [1.29, 1.82) is 0 Å². The molecule has 2 rings (SSSR count). The Bertz CT molecular complexity index is 486. The van der Waals surface area contributed by atoms with E-state index in [1.54, 1.807) is 12.3 Å². The Morgan fingerprint density at radius 2 is 2.00 bits per heavy atom. The van der Waals surface area contributed by atoms with E-state index in [0.717, 1.165) is 22.8 Å². The summed E-state index contributed by atoms with van der Waals surface area (Å²) in [6.07, 6.45) is 1.61. The van der Waals surface area contributed by atoms with Gasteiger partial charge in [-0.1, -0.05) is 23.2 Å². The fourth-order valence-electron chi connectivity index (χ4n) is 1.26. The van der Waals surface area contributed by atoms with Gasteiger partial charge in [-0.3, -0.25) is 0 Å². The number of nitrogens with one attached hydrogen (secondary N) is 1. The maximum Gasteiger partial charge on any atom is 0.140 e. The molecule has 0 fully saturated rings. The third-order valence-corrected chi connectivity index (χ3v) is 2.72. The van der Waals surface area contributed by atoms with Gasteiger partial charge in [-0.2, -0.15) is 0 Å².